The minimum absolute atomic E-state index is 0.174. The highest BCUT2D eigenvalue weighted by molar-refractivity contribution is 5.15. The van der Waals surface area contributed by atoms with E-state index in [1.54, 1.807) is 0 Å². The summed E-state index contributed by atoms with van der Waals surface area (Å²) in [6.07, 6.45) is 0. The van der Waals surface area contributed by atoms with Gasteiger partial charge in [0.1, 0.15) is 5.82 Å². The van der Waals surface area contributed by atoms with Crippen molar-refractivity contribution in [2.75, 3.05) is 20.6 Å². The molecule has 0 amide bonds. The number of nitrogens with one attached hydrogen (secondary N) is 1. The van der Waals surface area contributed by atoms with Crippen LogP contribution in [-0.4, -0.2) is 31.6 Å². The number of nitrogens with zero attached hydrogens (tertiary/aromatic N) is 1. The second-order valence-corrected chi connectivity index (χ2v) is 4.91. The van der Waals surface area contributed by atoms with Crippen molar-refractivity contribution in [3.8, 4) is 0 Å². The van der Waals surface area contributed by atoms with Crippen molar-refractivity contribution in [1.82, 2.24) is 10.2 Å². The predicted octanol–water partition coefficient (Wildman–Crippen LogP) is 2.50. The SMILES string of the molecule is CNCC(C(C)C)N(C)Cc1ccc(F)cc1. The number of benzene rings is 1. The predicted molar refractivity (Wildman–Crippen MR) is 70.4 cm³/mol. The average molecular weight is 238 g/mol. The molecule has 0 spiro atoms. The van der Waals surface area contributed by atoms with Crippen molar-refractivity contribution in [3.63, 3.8) is 0 Å². The molecule has 96 valence electrons. The maximum absolute atomic E-state index is 12.8. The first-order chi connectivity index (χ1) is 8.04. The van der Waals surface area contributed by atoms with Gasteiger partial charge in [0, 0.05) is 19.1 Å². The van der Waals surface area contributed by atoms with Crippen LogP contribution in [0.2, 0.25) is 0 Å². The second kappa shape index (κ2) is 6.72. The Morgan fingerprint density at radius 3 is 2.29 bits per heavy atom. The quantitative estimate of drug-likeness (QED) is 0.819. The van der Waals surface area contributed by atoms with Crippen LogP contribution in [0.4, 0.5) is 4.39 Å². The molecule has 0 heterocycles. The second-order valence-electron chi connectivity index (χ2n) is 4.91. The topological polar surface area (TPSA) is 15.3 Å². The van der Waals surface area contributed by atoms with Gasteiger partial charge in [-0.2, -0.15) is 0 Å². The Morgan fingerprint density at radius 2 is 1.82 bits per heavy atom. The average Bonchev–Trinajstić information content (AvgIpc) is 2.28. The largest absolute Gasteiger partial charge is 0.318 e. The van der Waals surface area contributed by atoms with Crippen LogP contribution in [0.25, 0.3) is 0 Å². The smallest absolute Gasteiger partial charge is 0.123 e. The molecule has 0 aromatic heterocycles. The van der Waals surface area contributed by atoms with Crippen LogP contribution >= 0.6 is 0 Å². The van der Waals surface area contributed by atoms with E-state index in [0.29, 0.717) is 12.0 Å². The highest BCUT2D eigenvalue weighted by Gasteiger charge is 2.17. The fraction of sp³-hybridized carbons (Fsp3) is 0.571. The molecule has 0 fully saturated rings. The van der Waals surface area contributed by atoms with E-state index in [0.717, 1.165) is 18.7 Å². The molecular weight excluding hydrogens is 215 g/mol. The molecule has 0 bridgehead atoms. The van der Waals surface area contributed by atoms with E-state index in [-0.39, 0.29) is 5.82 Å². The summed E-state index contributed by atoms with van der Waals surface area (Å²) in [7, 11) is 4.09. The molecule has 1 aromatic rings. The van der Waals surface area contributed by atoms with E-state index >= 15 is 0 Å². The molecule has 0 radical (unpaired) electrons. The van der Waals surface area contributed by atoms with Gasteiger partial charge in [-0.1, -0.05) is 26.0 Å². The minimum Gasteiger partial charge on any atom is -0.318 e. The van der Waals surface area contributed by atoms with Crippen LogP contribution in [0.3, 0.4) is 0 Å². The lowest BCUT2D eigenvalue weighted by Gasteiger charge is -2.31. The van der Waals surface area contributed by atoms with Gasteiger partial charge in [0.25, 0.3) is 0 Å². The third-order valence-electron chi connectivity index (χ3n) is 3.09. The summed E-state index contributed by atoms with van der Waals surface area (Å²) in [5.74, 6) is 0.417. The molecule has 1 unspecified atom stereocenters. The van der Waals surface area contributed by atoms with E-state index < -0.39 is 0 Å². The lowest BCUT2D eigenvalue weighted by atomic mass is 10.0. The van der Waals surface area contributed by atoms with Gasteiger partial charge in [0.05, 0.1) is 0 Å². The van der Waals surface area contributed by atoms with Gasteiger partial charge in [0.15, 0.2) is 0 Å². The summed E-state index contributed by atoms with van der Waals surface area (Å²) in [6, 6.07) is 7.23. The monoisotopic (exact) mass is 238 g/mol. The number of hydrogen-bond acceptors (Lipinski definition) is 2. The first kappa shape index (κ1) is 14.1. The van der Waals surface area contributed by atoms with Gasteiger partial charge in [-0.25, -0.2) is 4.39 Å². The van der Waals surface area contributed by atoms with Gasteiger partial charge in [0.2, 0.25) is 0 Å². The molecule has 1 atom stereocenters. The summed E-state index contributed by atoms with van der Waals surface area (Å²) in [4.78, 5) is 2.31. The molecule has 0 aliphatic carbocycles. The normalized spacial score (nSPS) is 13.4. The maximum atomic E-state index is 12.8. The molecule has 0 saturated heterocycles. The molecule has 1 rings (SSSR count). The zero-order chi connectivity index (χ0) is 12.8. The van der Waals surface area contributed by atoms with E-state index in [9.17, 15) is 4.39 Å². The van der Waals surface area contributed by atoms with E-state index in [1.165, 1.54) is 12.1 Å². The van der Waals surface area contributed by atoms with Crippen molar-refractivity contribution in [2.24, 2.45) is 5.92 Å². The number of rotatable bonds is 6. The van der Waals surface area contributed by atoms with Crippen molar-refractivity contribution in [2.45, 2.75) is 26.4 Å². The first-order valence-corrected chi connectivity index (χ1v) is 6.14. The fourth-order valence-corrected chi connectivity index (χ4v) is 2.10. The molecule has 0 aliphatic rings. The lowest BCUT2D eigenvalue weighted by molar-refractivity contribution is 0.182. The standard InChI is InChI=1S/C14H23FN2/c1-11(2)14(9-16-3)17(4)10-12-5-7-13(15)8-6-12/h5-8,11,14,16H,9-10H2,1-4H3. The van der Waals surface area contributed by atoms with Crippen LogP contribution in [0.1, 0.15) is 19.4 Å². The van der Waals surface area contributed by atoms with E-state index in [2.05, 4.69) is 31.1 Å². The van der Waals surface area contributed by atoms with Crippen LogP contribution in [0, 0.1) is 11.7 Å². The van der Waals surface area contributed by atoms with Crippen LogP contribution in [-0.2, 0) is 6.54 Å². The zero-order valence-corrected chi connectivity index (χ0v) is 11.2. The number of hydrogen-bond donors (Lipinski definition) is 1. The molecule has 17 heavy (non-hydrogen) atoms. The summed E-state index contributed by atoms with van der Waals surface area (Å²) in [5.41, 5.74) is 1.15. The summed E-state index contributed by atoms with van der Waals surface area (Å²) < 4.78 is 12.8. The van der Waals surface area contributed by atoms with Crippen molar-refractivity contribution < 1.29 is 4.39 Å². The summed E-state index contributed by atoms with van der Waals surface area (Å²) >= 11 is 0. The molecule has 1 aromatic carbocycles. The number of likely N-dealkylation sites (N-methyl/N-ethyl adjacent to an activating group) is 2. The van der Waals surface area contributed by atoms with Crippen molar-refractivity contribution in [1.29, 1.82) is 0 Å². The molecular formula is C14H23FN2. The molecule has 3 heteroatoms. The van der Waals surface area contributed by atoms with Crippen LogP contribution < -0.4 is 5.32 Å². The van der Waals surface area contributed by atoms with Gasteiger partial charge >= 0.3 is 0 Å². The molecule has 0 aliphatic heterocycles. The molecule has 2 nitrogen and oxygen atoms in total. The van der Waals surface area contributed by atoms with Gasteiger partial charge < -0.3 is 5.32 Å². The fourth-order valence-electron chi connectivity index (χ4n) is 2.10. The lowest BCUT2D eigenvalue weighted by Crippen LogP contribution is -2.42. The van der Waals surface area contributed by atoms with Crippen LogP contribution in [0.15, 0.2) is 24.3 Å². The molecule has 0 saturated carbocycles. The van der Waals surface area contributed by atoms with E-state index in [4.69, 9.17) is 0 Å². The zero-order valence-electron chi connectivity index (χ0n) is 11.2. The van der Waals surface area contributed by atoms with Gasteiger partial charge in [-0.05, 0) is 37.7 Å². The van der Waals surface area contributed by atoms with Crippen molar-refractivity contribution in [3.05, 3.63) is 35.6 Å². The molecule has 1 N–H and O–H groups in total. The Hall–Kier alpha value is -0.930. The Labute approximate surface area is 104 Å². The van der Waals surface area contributed by atoms with Crippen LogP contribution in [0.5, 0.6) is 0 Å². The third kappa shape index (κ3) is 4.44. The number of halogens is 1. The Morgan fingerprint density at radius 1 is 1.24 bits per heavy atom. The highest BCUT2D eigenvalue weighted by Crippen LogP contribution is 2.12. The highest BCUT2D eigenvalue weighted by atomic mass is 19.1. The van der Waals surface area contributed by atoms with Crippen molar-refractivity contribution >= 4 is 0 Å². The van der Waals surface area contributed by atoms with E-state index in [1.807, 2.05) is 19.2 Å². The Kier molecular flexibility index (Phi) is 5.59. The van der Waals surface area contributed by atoms with Gasteiger partial charge in [-0.15, -0.1) is 0 Å². The summed E-state index contributed by atoms with van der Waals surface area (Å²) in [6.45, 7) is 6.27. The Balaban J connectivity index is 2.62. The van der Waals surface area contributed by atoms with Gasteiger partial charge in [-0.3, -0.25) is 4.90 Å². The summed E-state index contributed by atoms with van der Waals surface area (Å²) in [5, 5.41) is 3.22. The maximum Gasteiger partial charge on any atom is 0.123 e. The minimum atomic E-state index is -0.174. The Bertz CT molecular complexity index is 321. The first-order valence-electron chi connectivity index (χ1n) is 6.14. The third-order valence-corrected chi connectivity index (χ3v) is 3.09.